The van der Waals surface area contributed by atoms with Crippen molar-refractivity contribution in [2.75, 3.05) is 19.6 Å². The first-order valence-corrected chi connectivity index (χ1v) is 7.81. The molecule has 0 radical (unpaired) electrons. The van der Waals surface area contributed by atoms with E-state index < -0.39 is 5.91 Å². The fourth-order valence-electron chi connectivity index (χ4n) is 3.74. The Balaban J connectivity index is 1.64. The van der Waals surface area contributed by atoms with Gasteiger partial charge in [0.25, 0.3) is 11.5 Å². The molecule has 2 heterocycles. The average molecular weight is 289 g/mol. The SMILES string of the molecule is NC(=O)c1cccn(CCN2CCCC3(CCC3)C2)c1=O. The largest absolute Gasteiger partial charge is 0.365 e. The lowest BCUT2D eigenvalue weighted by Crippen LogP contribution is -2.48. The van der Waals surface area contributed by atoms with E-state index in [1.807, 2.05) is 0 Å². The normalized spacial score (nSPS) is 21.1. The molecule has 1 spiro atoms. The summed E-state index contributed by atoms with van der Waals surface area (Å²) in [6.45, 7) is 3.77. The van der Waals surface area contributed by atoms with Gasteiger partial charge in [-0.1, -0.05) is 6.42 Å². The molecule has 114 valence electrons. The number of primary amides is 1. The third kappa shape index (κ3) is 2.88. The van der Waals surface area contributed by atoms with Gasteiger partial charge in [-0.25, -0.2) is 0 Å². The topological polar surface area (TPSA) is 68.3 Å². The van der Waals surface area contributed by atoms with Crippen LogP contribution in [-0.2, 0) is 6.54 Å². The quantitative estimate of drug-likeness (QED) is 0.906. The lowest BCUT2D eigenvalue weighted by atomic mass is 9.64. The van der Waals surface area contributed by atoms with E-state index in [0.717, 1.165) is 19.6 Å². The van der Waals surface area contributed by atoms with Crippen molar-refractivity contribution in [2.24, 2.45) is 11.1 Å². The second-order valence-electron chi connectivity index (χ2n) is 6.52. The van der Waals surface area contributed by atoms with Gasteiger partial charge in [-0.2, -0.15) is 0 Å². The Labute approximate surface area is 124 Å². The van der Waals surface area contributed by atoms with E-state index in [2.05, 4.69) is 4.90 Å². The van der Waals surface area contributed by atoms with Crippen molar-refractivity contribution in [2.45, 2.75) is 38.6 Å². The van der Waals surface area contributed by atoms with Gasteiger partial charge in [0, 0.05) is 25.8 Å². The number of carbonyl (C=O) groups excluding carboxylic acids is 1. The molecule has 2 aliphatic rings. The van der Waals surface area contributed by atoms with E-state index in [9.17, 15) is 9.59 Å². The Morgan fingerprint density at radius 1 is 1.24 bits per heavy atom. The molecule has 21 heavy (non-hydrogen) atoms. The van der Waals surface area contributed by atoms with Crippen molar-refractivity contribution in [3.63, 3.8) is 0 Å². The van der Waals surface area contributed by atoms with Crippen LogP contribution in [0.5, 0.6) is 0 Å². The molecule has 1 saturated carbocycles. The lowest BCUT2D eigenvalue weighted by Gasteiger charge is -2.49. The van der Waals surface area contributed by atoms with Gasteiger partial charge in [0.1, 0.15) is 5.56 Å². The first-order valence-electron chi connectivity index (χ1n) is 7.81. The van der Waals surface area contributed by atoms with Crippen LogP contribution in [0.25, 0.3) is 0 Å². The maximum absolute atomic E-state index is 12.1. The van der Waals surface area contributed by atoms with Crippen LogP contribution in [0.1, 0.15) is 42.5 Å². The number of amides is 1. The van der Waals surface area contributed by atoms with Crippen molar-refractivity contribution < 1.29 is 4.79 Å². The van der Waals surface area contributed by atoms with E-state index in [1.165, 1.54) is 38.2 Å². The van der Waals surface area contributed by atoms with Crippen molar-refractivity contribution >= 4 is 5.91 Å². The highest BCUT2D eigenvalue weighted by molar-refractivity contribution is 5.92. The molecular weight excluding hydrogens is 266 g/mol. The van der Waals surface area contributed by atoms with E-state index in [-0.39, 0.29) is 11.1 Å². The van der Waals surface area contributed by atoms with Gasteiger partial charge in [-0.3, -0.25) is 9.59 Å². The number of rotatable bonds is 4. The Morgan fingerprint density at radius 3 is 2.67 bits per heavy atom. The summed E-state index contributed by atoms with van der Waals surface area (Å²) in [5.41, 5.74) is 5.59. The second kappa shape index (κ2) is 5.64. The maximum atomic E-state index is 12.1. The summed E-state index contributed by atoms with van der Waals surface area (Å²) < 4.78 is 1.60. The van der Waals surface area contributed by atoms with Crippen molar-refractivity contribution in [3.05, 3.63) is 34.2 Å². The molecule has 5 nitrogen and oxygen atoms in total. The van der Waals surface area contributed by atoms with Crippen LogP contribution < -0.4 is 11.3 Å². The maximum Gasteiger partial charge on any atom is 0.263 e. The van der Waals surface area contributed by atoms with Crippen LogP contribution in [0.15, 0.2) is 23.1 Å². The molecule has 1 saturated heterocycles. The third-order valence-electron chi connectivity index (χ3n) is 5.10. The van der Waals surface area contributed by atoms with E-state index in [1.54, 1.807) is 16.8 Å². The van der Waals surface area contributed by atoms with Crippen LogP contribution in [-0.4, -0.2) is 35.0 Å². The molecule has 0 atom stereocenters. The predicted molar refractivity (Wildman–Crippen MR) is 81.2 cm³/mol. The molecule has 0 unspecified atom stereocenters. The zero-order valence-electron chi connectivity index (χ0n) is 12.4. The smallest absolute Gasteiger partial charge is 0.263 e. The van der Waals surface area contributed by atoms with Gasteiger partial charge in [0.15, 0.2) is 0 Å². The Kier molecular flexibility index (Phi) is 3.85. The summed E-state index contributed by atoms with van der Waals surface area (Å²) in [7, 11) is 0. The number of pyridine rings is 1. The zero-order chi connectivity index (χ0) is 14.9. The van der Waals surface area contributed by atoms with Crippen molar-refractivity contribution in [3.8, 4) is 0 Å². The molecule has 0 bridgehead atoms. The molecule has 1 aliphatic heterocycles. The third-order valence-corrected chi connectivity index (χ3v) is 5.10. The molecule has 1 aromatic rings. The van der Waals surface area contributed by atoms with Gasteiger partial charge < -0.3 is 15.2 Å². The number of likely N-dealkylation sites (tertiary alicyclic amines) is 1. The number of hydrogen-bond acceptors (Lipinski definition) is 3. The number of hydrogen-bond donors (Lipinski definition) is 1. The second-order valence-corrected chi connectivity index (χ2v) is 6.52. The highest BCUT2D eigenvalue weighted by Gasteiger charge is 2.40. The molecule has 3 rings (SSSR count). The summed E-state index contributed by atoms with van der Waals surface area (Å²) >= 11 is 0. The van der Waals surface area contributed by atoms with Crippen LogP contribution in [0.3, 0.4) is 0 Å². The Hall–Kier alpha value is -1.62. The minimum absolute atomic E-state index is 0.0756. The predicted octanol–water partition coefficient (Wildman–Crippen LogP) is 1.21. The van der Waals surface area contributed by atoms with Crippen molar-refractivity contribution in [1.29, 1.82) is 0 Å². The fraction of sp³-hybridized carbons (Fsp3) is 0.625. The van der Waals surface area contributed by atoms with E-state index >= 15 is 0 Å². The first-order chi connectivity index (χ1) is 10.1. The molecule has 1 aromatic heterocycles. The molecule has 2 N–H and O–H groups in total. The Morgan fingerprint density at radius 2 is 2.00 bits per heavy atom. The van der Waals surface area contributed by atoms with Gasteiger partial charge in [-0.05, 0) is 49.8 Å². The van der Waals surface area contributed by atoms with E-state index in [0.29, 0.717) is 12.0 Å². The molecule has 1 amide bonds. The highest BCUT2D eigenvalue weighted by atomic mass is 16.2. The van der Waals surface area contributed by atoms with Gasteiger partial charge in [0.05, 0.1) is 0 Å². The summed E-state index contributed by atoms with van der Waals surface area (Å²) in [4.78, 5) is 25.8. The van der Waals surface area contributed by atoms with Crippen LogP contribution in [0.2, 0.25) is 0 Å². The summed E-state index contributed by atoms with van der Waals surface area (Å²) in [6.07, 6.45) is 8.45. The van der Waals surface area contributed by atoms with Gasteiger partial charge >= 0.3 is 0 Å². The molecule has 5 heteroatoms. The number of nitrogens with two attached hydrogens (primary N) is 1. The lowest BCUT2D eigenvalue weighted by molar-refractivity contribution is 0.0188. The first kappa shape index (κ1) is 14.3. The fourth-order valence-corrected chi connectivity index (χ4v) is 3.74. The van der Waals surface area contributed by atoms with Crippen LogP contribution >= 0.6 is 0 Å². The minimum Gasteiger partial charge on any atom is -0.365 e. The monoisotopic (exact) mass is 289 g/mol. The molecule has 0 aromatic carbocycles. The molecule has 2 fully saturated rings. The minimum atomic E-state index is -0.652. The molecular formula is C16H23N3O2. The molecule has 1 aliphatic carbocycles. The van der Waals surface area contributed by atoms with Crippen molar-refractivity contribution in [1.82, 2.24) is 9.47 Å². The number of nitrogens with zero attached hydrogens (tertiary/aromatic N) is 2. The summed E-state index contributed by atoms with van der Waals surface area (Å²) in [5.74, 6) is -0.652. The van der Waals surface area contributed by atoms with Crippen LogP contribution in [0.4, 0.5) is 0 Å². The Bertz CT molecular complexity index is 589. The van der Waals surface area contributed by atoms with Crippen LogP contribution in [0, 0.1) is 5.41 Å². The van der Waals surface area contributed by atoms with Gasteiger partial charge in [-0.15, -0.1) is 0 Å². The average Bonchev–Trinajstić information content (AvgIpc) is 2.44. The van der Waals surface area contributed by atoms with Gasteiger partial charge in [0.2, 0.25) is 0 Å². The summed E-state index contributed by atoms with van der Waals surface area (Å²) in [6, 6.07) is 3.20. The summed E-state index contributed by atoms with van der Waals surface area (Å²) in [5, 5.41) is 0. The number of carbonyl (C=O) groups is 1. The zero-order valence-corrected chi connectivity index (χ0v) is 12.4. The highest BCUT2D eigenvalue weighted by Crippen LogP contribution is 2.47. The standard InChI is InChI=1S/C16H23N3O2/c17-14(20)13-4-1-9-19(15(13)21)11-10-18-8-3-7-16(12-18)5-2-6-16/h1,4,9H,2-3,5-8,10-12H2,(H2,17,20). The van der Waals surface area contributed by atoms with E-state index in [4.69, 9.17) is 5.73 Å². The number of aromatic nitrogens is 1. The number of piperidine rings is 1.